The summed E-state index contributed by atoms with van der Waals surface area (Å²) < 4.78 is 5.34. The number of aromatic carboxylic acids is 1. The third kappa shape index (κ3) is 4.97. The Morgan fingerprint density at radius 1 is 1.16 bits per heavy atom. The first-order chi connectivity index (χ1) is 11.9. The van der Waals surface area contributed by atoms with Gasteiger partial charge in [-0.25, -0.2) is 9.59 Å². The molecule has 1 atom stereocenters. The molecule has 0 aromatic heterocycles. The molecule has 0 aliphatic carbocycles. The highest BCUT2D eigenvalue weighted by molar-refractivity contribution is 5.87. The van der Waals surface area contributed by atoms with Crippen LogP contribution in [-0.2, 0) is 6.54 Å². The molecule has 0 radical (unpaired) electrons. The van der Waals surface area contributed by atoms with Gasteiger partial charge in [0.25, 0.3) is 0 Å². The van der Waals surface area contributed by atoms with Crippen LogP contribution in [0.2, 0.25) is 0 Å². The number of aryl methyl sites for hydroxylation is 1. The number of amides is 2. The van der Waals surface area contributed by atoms with Gasteiger partial charge in [0.1, 0.15) is 5.75 Å². The number of ether oxygens (including phenoxy) is 1. The molecule has 0 unspecified atom stereocenters. The van der Waals surface area contributed by atoms with Crippen LogP contribution >= 0.6 is 0 Å². The van der Waals surface area contributed by atoms with Crippen LogP contribution in [0.3, 0.4) is 0 Å². The predicted octanol–water partition coefficient (Wildman–Crippen LogP) is 3.26. The van der Waals surface area contributed by atoms with Crippen molar-refractivity contribution in [1.82, 2.24) is 10.6 Å². The van der Waals surface area contributed by atoms with Crippen LogP contribution in [0.4, 0.5) is 4.79 Å². The van der Waals surface area contributed by atoms with E-state index < -0.39 is 5.97 Å². The molecule has 0 aliphatic rings. The average molecular weight is 342 g/mol. The Hall–Kier alpha value is -3.02. The lowest BCUT2D eigenvalue weighted by atomic mass is 10.0. The number of rotatable bonds is 6. The number of urea groups is 1. The molecule has 0 spiro atoms. The van der Waals surface area contributed by atoms with Crippen LogP contribution in [0.25, 0.3) is 0 Å². The number of carboxylic acids is 1. The standard InChI is InChI=1S/C19H22N2O4/c1-12-4-9-17(25-3)16(10-12)13(2)21-19(24)20-11-14-5-7-15(8-6-14)18(22)23/h4-10,13H,11H2,1-3H3,(H,22,23)(H2,20,21,24)/t13-/m0/s1. The lowest BCUT2D eigenvalue weighted by Gasteiger charge is -2.18. The second-order valence-electron chi connectivity index (χ2n) is 5.80. The van der Waals surface area contributed by atoms with Crippen LogP contribution in [0, 0.1) is 6.92 Å². The number of carboxylic acid groups (broad SMARTS) is 1. The van der Waals surface area contributed by atoms with Crippen molar-refractivity contribution in [3.05, 3.63) is 64.7 Å². The number of carbonyl (C=O) groups excluding carboxylic acids is 1. The van der Waals surface area contributed by atoms with Crippen molar-refractivity contribution in [2.24, 2.45) is 0 Å². The predicted molar refractivity (Wildman–Crippen MR) is 94.9 cm³/mol. The first-order valence-electron chi connectivity index (χ1n) is 7.92. The molecule has 3 N–H and O–H groups in total. The van der Waals surface area contributed by atoms with E-state index in [-0.39, 0.29) is 17.6 Å². The van der Waals surface area contributed by atoms with Crippen molar-refractivity contribution in [2.45, 2.75) is 26.4 Å². The Balaban J connectivity index is 1.93. The van der Waals surface area contributed by atoms with Crippen molar-refractivity contribution >= 4 is 12.0 Å². The topological polar surface area (TPSA) is 87.7 Å². The highest BCUT2D eigenvalue weighted by Crippen LogP contribution is 2.25. The molecule has 2 aromatic carbocycles. The first kappa shape index (κ1) is 18.3. The third-order valence-corrected chi connectivity index (χ3v) is 3.85. The van der Waals surface area contributed by atoms with E-state index in [0.717, 1.165) is 22.4 Å². The van der Waals surface area contributed by atoms with Crippen molar-refractivity contribution in [3.8, 4) is 5.75 Å². The summed E-state index contributed by atoms with van der Waals surface area (Å²) in [5, 5.41) is 14.5. The molecule has 25 heavy (non-hydrogen) atoms. The molecule has 0 aliphatic heterocycles. The van der Waals surface area contributed by atoms with Crippen molar-refractivity contribution in [3.63, 3.8) is 0 Å². The van der Waals surface area contributed by atoms with Crippen LogP contribution in [-0.4, -0.2) is 24.2 Å². The van der Waals surface area contributed by atoms with Crippen LogP contribution in [0.1, 0.15) is 40.0 Å². The maximum atomic E-state index is 12.1. The van der Waals surface area contributed by atoms with Gasteiger partial charge in [-0.2, -0.15) is 0 Å². The van der Waals surface area contributed by atoms with Crippen molar-refractivity contribution in [2.75, 3.05) is 7.11 Å². The lowest BCUT2D eigenvalue weighted by molar-refractivity contribution is 0.0697. The van der Waals surface area contributed by atoms with E-state index >= 15 is 0 Å². The summed E-state index contributed by atoms with van der Waals surface area (Å²) in [7, 11) is 1.60. The van der Waals surface area contributed by atoms with E-state index in [1.54, 1.807) is 19.2 Å². The minimum atomic E-state index is -0.974. The molecule has 0 heterocycles. The van der Waals surface area contributed by atoms with Gasteiger partial charge in [-0.05, 0) is 37.6 Å². The van der Waals surface area contributed by atoms with Crippen LogP contribution < -0.4 is 15.4 Å². The summed E-state index contributed by atoms with van der Waals surface area (Å²) in [6.07, 6.45) is 0. The summed E-state index contributed by atoms with van der Waals surface area (Å²) in [4.78, 5) is 22.9. The summed E-state index contributed by atoms with van der Waals surface area (Å²) in [6.45, 7) is 4.18. The number of methoxy groups -OCH3 is 1. The van der Waals surface area contributed by atoms with Gasteiger partial charge in [0.15, 0.2) is 0 Å². The molecule has 0 saturated heterocycles. The minimum absolute atomic E-state index is 0.216. The Labute approximate surface area is 146 Å². The van der Waals surface area contributed by atoms with Gasteiger partial charge >= 0.3 is 12.0 Å². The van der Waals surface area contributed by atoms with Gasteiger partial charge in [0, 0.05) is 12.1 Å². The summed E-state index contributed by atoms with van der Waals surface area (Å²) in [5.41, 5.74) is 3.03. The summed E-state index contributed by atoms with van der Waals surface area (Å²) >= 11 is 0. The van der Waals surface area contributed by atoms with Gasteiger partial charge in [-0.15, -0.1) is 0 Å². The quantitative estimate of drug-likeness (QED) is 0.752. The molecular formula is C19H22N2O4. The van der Waals surface area contributed by atoms with E-state index in [1.165, 1.54) is 12.1 Å². The molecule has 6 heteroatoms. The fourth-order valence-corrected chi connectivity index (χ4v) is 2.47. The van der Waals surface area contributed by atoms with E-state index in [2.05, 4.69) is 10.6 Å². The number of carbonyl (C=O) groups is 2. The van der Waals surface area contributed by atoms with Gasteiger partial charge in [0.2, 0.25) is 0 Å². The Kier molecular flexibility index (Phi) is 6.00. The summed E-state index contributed by atoms with van der Waals surface area (Å²) in [5.74, 6) is -0.249. The van der Waals surface area contributed by atoms with Gasteiger partial charge < -0.3 is 20.5 Å². The van der Waals surface area contributed by atoms with Crippen molar-refractivity contribution < 1.29 is 19.4 Å². The highest BCUT2D eigenvalue weighted by Gasteiger charge is 2.14. The smallest absolute Gasteiger partial charge is 0.335 e. The second-order valence-corrected chi connectivity index (χ2v) is 5.80. The first-order valence-corrected chi connectivity index (χ1v) is 7.92. The molecule has 0 bridgehead atoms. The average Bonchev–Trinajstić information content (AvgIpc) is 2.60. The van der Waals surface area contributed by atoms with Crippen LogP contribution in [0.15, 0.2) is 42.5 Å². The van der Waals surface area contributed by atoms with Gasteiger partial charge in [0.05, 0.1) is 18.7 Å². The molecule has 2 aromatic rings. The Bertz CT molecular complexity index is 757. The molecule has 0 saturated carbocycles. The maximum Gasteiger partial charge on any atom is 0.335 e. The largest absolute Gasteiger partial charge is 0.496 e. The molecule has 6 nitrogen and oxygen atoms in total. The molecule has 0 fully saturated rings. The van der Waals surface area contributed by atoms with E-state index in [0.29, 0.717) is 6.54 Å². The normalized spacial score (nSPS) is 11.5. The molecule has 2 rings (SSSR count). The maximum absolute atomic E-state index is 12.1. The molecule has 132 valence electrons. The minimum Gasteiger partial charge on any atom is -0.496 e. The Morgan fingerprint density at radius 3 is 2.44 bits per heavy atom. The summed E-state index contributed by atoms with van der Waals surface area (Å²) in [6, 6.07) is 11.7. The fraction of sp³-hybridized carbons (Fsp3) is 0.263. The monoisotopic (exact) mass is 342 g/mol. The lowest BCUT2D eigenvalue weighted by Crippen LogP contribution is -2.36. The molecule has 2 amide bonds. The van der Waals surface area contributed by atoms with E-state index in [1.807, 2.05) is 32.0 Å². The van der Waals surface area contributed by atoms with E-state index in [9.17, 15) is 9.59 Å². The SMILES string of the molecule is COc1ccc(C)cc1[C@H](C)NC(=O)NCc1ccc(C(=O)O)cc1. The number of benzene rings is 2. The number of hydrogen-bond donors (Lipinski definition) is 3. The van der Waals surface area contributed by atoms with E-state index in [4.69, 9.17) is 9.84 Å². The van der Waals surface area contributed by atoms with Gasteiger partial charge in [-0.3, -0.25) is 0 Å². The number of nitrogens with one attached hydrogen (secondary N) is 2. The third-order valence-electron chi connectivity index (χ3n) is 3.85. The zero-order valence-corrected chi connectivity index (χ0v) is 14.5. The Morgan fingerprint density at radius 2 is 1.84 bits per heavy atom. The van der Waals surface area contributed by atoms with Gasteiger partial charge in [-0.1, -0.05) is 29.8 Å². The van der Waals surface area contributed by atoms with Crippen LogP contribution in [0.5, 0.6) is 5.75 Å². The zero-order chi connectivity index (χ0) is 18.4. The highest BCUT2D eigenvalue weighted by atomic mass is 16.5. The molecular weight excluding hydrogens is 320 g/mol. The second kappa shape index (κ2) is 8.19. The van der Waals surface area contributed by atoms with Crippen molar-refractivity contribution in [1.29, 1.82) is 0 Å². The number of hydrogen-bond acceptors (Lipinski definition) is 3. The fourth-order valence-electron chi connectivity index (χ4n) is 2.47. The zero-order valence-electron chi connectivity index (χ0n) is 14.5.